The molecule has 118 valence electrons. The van der Waals surface area contributed by atoms with Crippen LogP contribution in [0.4, 0.5) is 0 Å². The van der Waals surface area contributed by atoms with E-state index in [1.54, 1.807) is 0 Å². The number of hydrogen-bond acceptors (Lipinski definition) is 3. The van der Waals surface area contributed by atoms with Crippen molar-refractivity contribution in [3.05, 3.63) is 0 Å². The van der Waals surface area contributed by atoms with Crippen molar-refractivity contribution in [3.63, 3.8) is 0 Å². The number of unbranched alkanes of at least 4 members (excludes halogenated alkanes) is 5. The standard InChI is InChI=1S/C15H30N2O3/c1-13(2)15(19)17-11-9-7-5-4-6-8-10-16-14(18)12-20-3/h13H,4-12H2,1-3H3,(H,16,18)(H,17,19). The Morgan fingerprint density at radius 3 is 1.90 bits per heavy atom. The van der Waals surface area contributed by atoms with Crippen molar-refractivity contribution < 1.29 is 14.3 Å². The molecule has 20 heavy (non-hydrogen) atoms. The van der Waals surface area contributed by atoms with Gasteiger partial charge in [-0.15, -0.1) is 0 Å². The number of amides is 2. The number of carbonyl (C=O) groups excluding carboxylic acids is 2. The fourth-order valence-corrected chi connectivity index (χ4v) is 1.78. The SMILES string of the molecule is COCC(=O)NCCCCCCCCNC(=O)C(C)C. The fraction of sp³-hybridized carbons (Fsp3) is 0.867. The Labute approximate surface area is 122 Å². The molecule has 0 rings (SSSR count). The molecule has 0 aliphatic carbocycles. The Bertz CT molecular complexity index is 268. The average molecular weight is 286 g/mol. The zero-order chi connectivity index (χ0) is 15.2. The Kier molecular flexibility index (Phi) is 12.2. The molecule has 0 spiro atoms. The summed E-state index contributed by atoms with van der Waals surface area (Å²) in [5, 5.41) is 5.73. The predicted molar refractivity (Wildman–Crippen MR) is 80.4 cm³/mol. The first kappa shape index (κ1) is 18.9. The first-order valence-corrected chi connectivity index (χ1v) is 7.61. The van der Waals surface area contributed by atoms with Gasteiger partial charge in [0.1, 0.15) is 6.61 Å². The quantitative estimate of drug-likeness (QED) is 0.538. The number of methoxy groups -OCH3 is 1. The second-order valence-electron chi connectivity index (χ2n) is 5.35. The number of nitrogens with one attached hydrogen (secondary N) is 2. The molecule has 0 unspecified atom stereocenters. The van der Waals surface area contributed by atoms with Gasteiger partial charge in [0.25, 0.3) is 0 Å². The average Bonchev–Trinajstić information content (AvgIpc) is 2.40. The number of carbonyl (C=O) groups is 2. The highest BCUT2D eigenvalue weighted by Gasteiger charge is 2.04. The predicted octanol–water partition coefficient (Wildman–Crippen LogP) is 1.86. The van der Waals surface area contributed by atoms with Crippen LogP contribution < -0.4 is 10.6 Å². The maximum absolute atomic E-state index is 11.3. The Morgan fingerprint density at radius 2 is 1.40 bits per heavy atom. The van der Waals surface area contributed by atoms with E-state index < -0.39 is 0 Å². The van der Waals surface area contributed by atoms with E-state index in [4.69, 9.17) is 4.74 Å². The summed E-state index contributed by atoms with van der Waals surface area (Å²) in [6.45, 7) is 5.46. The minimum absolute atomic E-state index is 0.0478. The summed E-state index contributed by atoms with van der Waals surface area (Å²) in [6, 6.07) is 0. The molecule has 0 radical (unpaired) electrons. The maximum Gasteiger partial charge on any atom is 0.245 e. The van der Waals surface area contributed by atoms with E-state index in [-0.39, 0.29) is 24.3 Å². The lowest BCUT2D eigenvalue weighted by Gasteiger charge is -2.07. The van der Waals surface area contributed by atoms with Crippen LogP contribution >= 0.6 is 0 Å². The molecule has 2 amide bonds. The minimum Gasteiger partial charge on any atom is -0.375 e. The third-order valence-electron chi connectivity index (χ3n) is 3.02. The zero-order valence-corrected chi connectivity index (χ0v) is 13.2. The van der Waals surface area contributed by atoms with Crippen molar-refractivity contribution in [2.24, 2.45) is 5.92 Å². The monoisotopic (exact) mass is 286 g/mol. The van der Waals surface area contributed by atoms with Gasteiger partial charge in [-0.25, -0.2) is 0 Å². The summed E-state index contributed by atoms with van der Waals surface area (Å²) in [4.78, 5) is 22.4. The summed E-state index contributed by atoms with van der Waals surface area (Å²) in [5.41, 5.74) is 0. The van der Waals surface area contributed by atoms with Crippen LogP contribution in [0.25, 0.3) is 0 Å². The van der Waals surface area contributed by atoms with E-state index in [0.29, 0.717) is 0 Å². The Hall–Kier alpha value is -1.10. The Balaban J connectivity index is 3.17. The highest BCUT2D eigenvalue weighted by Crippen LogP contribution is 2.04. The lowest BCUT2D eigenvalue weighted by molar-refractivity contribution is -0.125. The Morgan fingerprint density at radius 1 is 0.900 bits per heavy atom. The second-order valence-corrected chi connectivity index (χ2v) is 5.35. The minimum atomic E-state index is -0.0478. The molecule has 0 atom stereocenters. The molecule has 0 bridgehead atoms. The highest BCUT2D eigenvalue weighted by atomic mass is 16.5. The molecule has 0 aliphatic heterocycles. The van der Waals surface area contributed by atoms with E-state index in [9.17, 15) is 9.59 Å². The smallest absolute Gasteiger partial charge is 0.245 e. The van der Waals surface area contributed by atoms with Gasteiger partial charge in [-0.1, -0.05) is 39.5 Å². The molecule has 0 aromatic carbocycles. The first-order chi connectivity index (χ1) is 9.57. The van der Waals surface area contributed by atoms with E-state index in [1.165, 1.54) is 20.0 Å². The van der Waals surface area contributed by atoms with Gasteiger partial charge in [0, 0.05) is 26.1 Å². The third kappa shape index (κ3) is 12.0. The number of hydrogen-bond donors (Lipinski definition) is 2. The van der Waals surface area contributed by atoms with Crippen molar-refractivity contribution in [2.75, 3.05) is 26.8 Å². The summed E-state index contributed by atoms with van der Waals surface area (Å²) in [5.74, 6) is 0.161. The lowest BCUT2D eigenvalue weighted by Crippen LogP contribution is -2.28. The maximum atomic E-state index is 11.3. The van der Waals surface area contributed by atoms with Crippen LogP contribution in [0.5, 0.6) is 0 Å². The molecule has 0 fully saturated rings. The van der Waals surface area contributed by atoms with Crippen molar-refractivity contribution in [1.29, 1.82) is 0 Å². The van der Waals surface area contributed by atoms with Gasteiger partial charge in [0.2, 0.25) is 11.8 Å². The number of rotatable bonds is 12. The van der Waals surface area contributed by atoms with Crippen molar-refractivity contribution in [1.82, 2.24) is 10.6 Å². The zero-order valence-electron chi connectivity index (χ0n) is 13.2. The number of ether oxygens (including phenoxy) is 1. The first-order valence-electron chi connectivity index (χ1n) is 7.61. The lowest BCUT2D eigenvalue weighted by atomic mass is 10.1. The third-order valence-corrected chi connectivity index (χ3v) is 3.02. The molecule has 0 saturated carbocycles. The van der Waals surface area contributed by atoms with Crippen molar-refractivity contribution in [3.8, 4) is 0 Å². The summed E-state index contributed by atoms with van der Waals surface area (Å²) in [7, 11) is 1.52. The van der Waals surface area contributed by atoms with Crippen LogP contribution in [-0.4, -0.2) is 38.6 Å². The normalized spacial score (nSPS) is 10.6. The molecule has 0 aromatic heterocycles. The second kappa shape index (κ2) is 12.9. The van der Waals surface area contributed by atoms with Gasteiger partial charge < -0.3 is 15.4 Å². The van der Waals surface area contributed by atoms with Crippen LogP contribution in [-0.2, 0) is 14.3 Å². The topological polar surface area (TPSA) is 67.4 Å². The molecule has 0 saturated heterocycles. The van der Waals surface area contributed by atoms with Crippen LogP contribution in [0, 0.1) is 5.92 Å². The summed E-state index contributed by atoms with van der Waals surface area (Å²) >= 11 is 0. The molecular weight excluding hydrogens is 256 g/mol. The van der Waals surface area contributed by atoms with Gasteiger partial charge in [-0.2, -0.15) is 0 Å². The van der Waals surface area contributed by atoms with E-state index in [1.807, 2.05) is 13.8 Å². The molecule has 2 N–H and O–H groups in total. The van der Waals surface area contributed by atoms with Crippen molar-refractivity contribution in [2.45, 2.75) is 52.4 Å². The molecule has 0 heterocycles. The van der Waals surface area contributed by atoms with Crippen LogP contribution in [0.2, 0.25) is 0 Å². The molecule has 5 nitrogen and oxygen atoms in total. The van der Waals surface area contributed by atoms with Crippen LogP contribution in [0.1, 0.15) is 52.4 Å². The molecule has 0 aliphatic rings. The molecular formula is C15H30N2O3. The van der Waals surface area contributed by atoms with Gasteiger partial charge >= 0.3 is 0 Å². The van der Waals surface area contributed by atoms with E-state index in [2.05, 4.69) is 10.6 Å². The van der Waals surface area contributed by atoms with Crippen molar-refractivity contribution >= 4 is 11.8 Å². The van der Waals surface area contributed by atoms with E-state index in [0.717, 1.165) is 38.8 Å². The van der Waals surface area contributed by atoms with Gasteiger partial charge in [0.15, 0.2) is 0 Å². The van der Waals surface area contributed by atoms with Crippen LogP contribution in [0.3, 0.4) is 0 Å². The fourth-order valence-electron chi connectivity index (χ4n) is 1.78. The molecule has 0 aromatic rings. The van der Waals surface area contributed by atoms with E-state index >= 15 is 0 Å². The highest BCUT2D eigenvalue weighted by molar-refractivity contribution is 5.77. The molecule has 5 heteroatoms. The van der Waals surface area contributed by atoms with Gasteiger partial charge in [-0.05, 0) is 12.8 Å². The van der Waals surface area contributed by atoms with Gasteiger partial charge in [-0.3, -0.25) is 9.59 Å². The van der Waals surface area contributed by atoms with Gasteiger partial charge in [0.05, 0.1) is 0 Å². The van der Waals surface area contributed by atoms with Crippen LogP contribution in [0.15, 0.2) is 0 Å². The summed E-state index contributed by atoms with van der Waals surface area (Å²) < 4.78 is 4.73. The summed E-state index contributed by atoms with van der Waals surface area (Å²) in [6.07, 6.45) is 6.70. The largest absolute Gasteiger partial charge is 0.375 e.